The Morgan fingerprint density at radius 2 is 2.12 bits per heavy atom. The van der Waals surface area contributed by atoms with Gasteiger partial charge in [0.1, 0.15) is 5.82 Å². The summed E-state index contributed by atoms with van der Waals surface area (Å²) in [7, 11) is 0. The number of aliphatic hydroxyl groups is 1. The molecule has 6 heteroatoms. The van der Waals surface area contributed by atoms with E-state index >= 15 is 0 Å². The molecule has 0 bridgehead atoms. The average molecular weight is 339 g/mol. The molecule has 2 aromatic carbocycles. The first kappa shape index (κ1) is 16.9. The average Bonchev–Trinajstić information content (AvgIpc) is 2.99. The minimum atomic E-state index is -0.662. The molecule has 0 spiro atoms. The number of anilines is 1. The largest absolute Gasteiger partial charge is 0.391 e. The molecule has 1 heterocycles. The van der Waals surface area contributed by atoms with Gasteiger partial charge < -0.3 is 15.3 Å². The van der Waals surface area contributed by atoms with Crippen molar-refractivity contribution in [3.63, 3.8) is 0 Å². The number of β-amino-alcohol motifs (C(OH)–C–C–N with tert-alkyl or cyclic N) is 1. The van der Waals surface area contributed by atoms with Crippen molar-refractivity contribution >= 4 is 11.7 Å². The quantitative estimate of drug-likeness (QED) is 0.881. The number of hydrogen-bond donors (Lipinski definition) is 2. The van der Waals surface area contributed by atoms with Crippen LogP contribution in [0.3, 0.4) is 0 Å². The van der Waals surface area contributed by atoms with Crippen LogP contribution in [0.25, 0.3) is 0 Å². The fourth-order valence-corrected chi connectivity index (χ4v) is 3.15. The predicted octanol–water partition coefficient (Wildman–Crippen LogP) is 3.35. The Labute approximate surface area is 145 Å². The smallest absolute Gasteiger partial charge is 0.322 e. The summed E-state index contributed by atoms with van der Waals surface area (Å²) in [6.07, 6.45) is -0.306. The van der Waals surface area contributed by atoms with Gasteiger partial charge in [0.05, 0.1) is 23.8 Å². The Bertz CT molecular complexity index is 847. The van der Waals surface area contributed by atoms with E-state index in [-0.39, 0.29) is 18.4 Å². The number of hydrogen-bond acceptors (Lipinski definition) is 3. The molecule has 2 N–H and O–H groups in total. The van der Waals surface area contributed by atoms with Gasteiger partial charge in [0.25, 0.3) is 0 Å². The van der Waals surface area contributed by atoms with Gasteiger partial charge in [-0.05, 0) is 48.7 Å². The molecule has 2 atom stereocenters. The molecular formula is C19H18FN3O2. The third-order valence-corrected chi connectivity index (χ3v) is 4.47. The minimum Gasteiger partial charge on any atom is -0.391 e. The lowest BCUT2D eigenvalue weighted by molar-refractivity contribution is 0.175. The first-order valence-corrected chi connectivity index (χ1v) is 8.00. The maximum Gasteiger partial charge on any atom is 0.322 e. The summed E-state index contributed by atoms with van der Waals surface area (Å²) in [5.74, 6) is -0.378. The zero-order valence-electron chi connectivity index (χ0n) is 13.7. The monoisotopic (exact) mass is 339 g/mol. The zero-order valence-corrected chi connectivity index (χ0v) is 13.7. The van der Waals surface area contributed by atoms with Gasteiger partial charge in [-0.1, -0.05) is 18.2 Å². The molecule has 1 aliphatic heterocycles. The van der Waals surface area contributed by atoms with Crippen LogP contribution in [0.2, 0.25) is 0 Å². The lowest BCUT2D eigenvalue weighted by Crippen LogP contribution is -2.35. The molecule has 1 aliphatic rings. The van der Waals surface area contributed by atoms with Crippen molar-refractivity contribution in [2.24, 2.45) is 0 Å². The molecule has 1 fully saturated rings. The molecule has 3 rings (SSSR count). The Morgan fingerprint density at radius 1 is 1.36 bits per heavy atom. The van der Waals surface area contributed by atoms with E-state index < -0.39 is 12.1 Å². The first-order chi connectivity index (χ1) is 12.0. The van der Waals surface area contributed by atoms with Crippen LogP contribution in [0.5, 0.6) is 0 Å². The number of carbonyl (C=O) groups excluding carboxylic acids is 1. The molecule has 1 saturated heterocycles. The van der Waals surface area contributed by atoms with Gasteiger partial charge in [-0.3, -0.25) is 0 Å². The van der Waals surface area contributed by atoms with Gasteiger partial charge in [0, 0.05) is 12.2 Å². The standard InChI is InChI=1S/C19H18FN3O2/c1-12-14(10-21)5-3-7-17(12)22-19(25)23-11-16(24)9-18(23)13-4-2-6-15(20)8-13/h2-8,16,18,24H,9,11H2,1H3,(H,22,25)/t16-,18-/m1/s1. The van der Waals surface area contributed by atoms with E-state index in [0.717, 1.165) is 0 Å². The number of benzene rings is 2. The fraction of sp³-hybridized carbons (Fsp3) is 0.263. The van der Waals surface area contributed by atoms with E-state index in [4.69, 9.17) is 5.26 Å². The van der Waals surface area contributed by atoms with Crippen molar-refractivity contribution in [3.8, 4) is 6.07 Å². The van der Waals surface area contributed by atoms with Crippen LogP contribution in [0, 0.1) is 24.1 Å². The van der Waals surface area contributed by atoms with Crippen molar-refractivity contribution in [2.45, 2.75) is 25.5 Å². The number of likely N-dealkylation sites (tertiary alicyclic amines) is 1. The molecule has 0 aromatic heterocycles. The lowest BCUT2D eigenvalue weighted by atomic mass is 10.0. The van der Waals surface area contributed by atoms with Crippen molar-refractivity contribution in [1.29, 1.82) is 5.26 Å². The van der Waals surface area contributed by atoms with E-state index in [1.54, 1.807) is 37.3 Å². The molecule has 2 aromatic rings. The number of amides is 2. The first-order valence-electron chi connectivity index (χ1n) is 8.00. The highest BCUT2D eigenvalue weighted by Crippen LogP contribution is 2.33. The van der Waals surface area contributed by atoms with Crippen LogP contribution in [-0.2, 0) is 0 Å². The maximum absolute atomic E-state index is 13.5. The van der Waals surface area contributed by atoms with Crippen molar-refractivity contribution in [1.82, 2.24) is 4.90 Å². The number of nitrogens with zero attached hydrogens (tertiary/aromatic N) is 2. The van der Waals surface area contributed by atoms with Gasteiger partial charge in [-0.2, -0.15) is 5.26 Å². The van der Waals surface area contributed by atoms with Crippen LogP contribution in [0.1, 0.15) is 29.2 Å². The number of rotatable bonds is 2. The van der Waals surface area contributed by atoms with Gasteiger partial charge in [0.15, 0.2) is 0 Å². The summed E-state index contributed by atoms with van der Waals surface area (Å²) in [4.78, 5) is 14.2. The van der Waals surface area contributed by atoms with E-state index in [1.807, 2.05) is 0 Å². The third-order valence-electron chi connectivity index (χ3n) is 4.47. The van der Waals surface area contributed by atoms with Crippen LogP contribution in [-0.4, -0.2) is 28.7 Å². The van der Waals surface area contributed by atoms with Gasteiger partial charge in [-0.15, -0.1) is 0 Å². The third kappa shape index (κ3) is 3.47. The molecule has 0 saturated carbocycles. The predicted molar refractivity (Wildman–Crippen MR) is 91.4 cm³/mol. The summed E-state index contributed by atoms with van der Waals surface area (Å²) < 4.78 is 13.5. The van der Waals surface area contributed by atoms with E-state index in [2.05, 4.69) is 11.4 Å². The second-order valence-electron chi connectivity index (χ2n) is 6.13. The number of nitriles is 1. The minimum absolute atomic E-state index is 0.171. The molecular weight excluding hydrogens is 321 g/mol. The van der Waals surface area contributed by atoms with Crippen molar-refractivity contribution in [3.05, 3.63) is 65.0 Å². The van der Waals surface area contributed by atoms with Crippen LogP contribution < -0.4 is 5.32 Å². The number of nitrogens with one attached hydrogen (secondary N) is 1. The molecule has 0 aliphatic carbocycles. The molecule has 128 valence electrons. The van der Waals surface area contributed by atoms with Gasteiger partial charge >= 0.3 is 6.03 Å². The van der Waals surface area contributed by atoms with Crippen LogP contribution >= 0.6 is 0 Å². The highest BCUT2D eigenvalue weighted by Gasteiger charge is 2.35. The Balaban J connectivity index is 1.84. The Kier molecular flexibility index (Phi) is 4.68. The normalized spacial score (nSPS) is 19.5. The summed E-state index contributed by atoms with van der Waals surface area (Å²) in [5, 5.41) is 21.9. The summed E-state index contributed by atoms with van der Waals surface area (Å²) in [6, 6.07) is 12.5. The van der Waals surface area contributed by atoms with Gasteiger partial charge in [-0.25, -0.2) is 9.18 Å². The van der Waals surface area contributed by atoms with Crippen molar-refractivity contribution in [2.75, 3.05) is 11.9 Å². The van der Waals surface area contributed by atoms with Crippen molar-refractivity contribution < 1.29 is 14.3 Å². The highest BCUT2D eigenvalue weighted by atomic mass is 19.1. The van der Waals surface area contributed by atoms with E-state index in [9.17, 15) is 14.3 Å². The Morgan fingerprint density at radius 3 is 2.84 bits per heavy atom. The molecule has 25 heavy (non-hydrogen) atoms. The maximum atomic E-state index is 13.5. The van der Waals surface area contributed by atoms with E-state index in [0.29, 0.717) is 28.8 Å². The van der Waals surface area contributed by atoms with Crippen LogP contribution in [0.4, 0.5) is 14.9 Å². The second kappa shape index (κ2) is 6.91. The number of halogens is 1. The summed E-state index contributed by atoms with van der Waals surface area (Å²) in [6.45, 7) is 1.93. The lowest BCUT2D eigenvalue weighted by Gasteiger charge is -2.25. The fourth-order valence-electron chi connectivity index (χ4n) is 3.15. The molecule has 2 amide bonds. The SMILES string of the molecule is Cc1c(C#N)cccc1NC(=O)N1C[C@H](O)C[C@@H]1c1cccc(F)c1. The molecule has 0 unspecified atom stereocenters. The topological polar surface area (TPSA) is 76.4 Å². The summed E-state index contributed by atoms with van der Waals surface area (Å²) in [5.41, 5.74) is 2.36. The zero-order chi connectivity index (χ0) is 18.0. The number of carbonyl (C=O) groups is 1. The second-order valence-corrected chi connectivity index (χ2v) is 6.13. The molecule has 0 radical (unpaired) electrons. The highest BCUT2D eigenvalue weighted by molar-refractivity contribution is 5.91. The summed E-state index contributed by atoms with van der Waals surface area (Å²) >= 11 is 0. The van der Waals surface area contributed by atoms with Crippen LogP contribution in [0.15, 0.2) is 42.5 Å². The molecule has 5 nitrogen and oxygen atoms in total. The van der Waals surface area contributed by atoms with E-state index in [1.165, 1.54) is 17.0 Å². The number of aliphatic hydroxyl groups excluding tert-OH is 1. The Hall–Kier alpha value is -2.91. The van der Waals surface area contributed by atoms with Gasteiger partial charge in [0.2, 0.25) is 0 Å². The number of urea groups is 1.